The van der Waals surface area contributed by atoms with Gasteiger partial charge in [-0.1, -0.05) is 6.92 Å². The number of thiazole rings is 1. The van der Waals surface area contributed by atoms with Gasteiger partial charge in [0.1, 0.15) is 5.82 Å². The minimum Gasteiger partial charge on any atom is -0.291 e. The number of fused-ring (bicyclic) bond motifs is 2. The van der Waals surface area contributed by atoms with Gasteiger partial charge in [0, 0.05) is 49.4 Å². The van der Waals surface area contributed by atoms with Crippen molar-refractivity contribution in [3.8, 4) is 0 Å². The van der Waals surface area contributed by atoms with Crippen molar-refractivity contribution in [3.05, 3.63) is 56.5 Å². The van der Waals surface area contributed by atoms with E-state index in [0.717, 1.165) is 53.8 Å². The minimum absolute atomic E-state index is 0.00162. The molecule has 0 fully saturated rings. The highest BCUT2D eigenvalue weighted by molar-refractivity contribution is 7.15. The van der Waals surface area contributed by atoms with E-state index >= 15 is 0 Å². The summed E-state index contributed by atoms with van der Waals surface area (Å²) in [5.74, 6) is 0.891. The highest BCUT2D eigenvalue weighted by atomic mass is 32.1. The Kier molecular flexibility index (Phi) is 3.90. The molecule has 7 heteroatoms. The normalized spacial score (nSPS) is 14.9. The summed E-state index contributed by atoms with van der Waals surface area (Å²) in [6.07, 6.45) is 3.75. The molecule has 4 rings (SSSR count). The number of rotatable bonds is 3. The molecule has 0 N–H and O–H groups in total. The van der Waals surface area contributed by atoms with Crippen LogP contribution in [0.1, 0.15) is 35.4 Å². The van der Waals surface area contributed by atoms with Gasteiger partial charge < -0.3 is 0 Å². The molecule has 0 saturated heterocycles. The molecular weight excluding hydrogens is 322 g/mol. The second-order valence-corrected chi connectivity index (χ2v) is 6.99. The van der Waals surface area contributed by atoms with Crippen LogP contribution in [0.15, 0.2) is 22.4 Å². The van der Waals surface area contributed by atoms with E-state index in [1.54, 1.807) is 10.5 Å². The van der Waals surface area contributed by atoms with Crippen LogP contribution >= 0.6 is 11.3 Å². The summed E-state index contributed by atoms with van der Waals surface area (Å²) in [6.45, 7) is 6.39. The fourth-order valence-electron chi connectivity index (χ4n) is 3.11. The lowest BCUT2D eigenvalue weighted by molar-refractivity contribution is 0.238. The van der Waals surface area contributed by atoms with Gasteiger partial charge in [-0.25, -0.2) is 15.0 Å². The molecule has 1 aliphatic rings. The summed E-state index contributed by atoms with van der Waals surface area (Å²) >= 11 is 1.51. The number of nitrogens with zero attached hydrogens (tertiary/aromatic N) is 5. The van der Waals surface area contributed by atoms with Crippen molar-refractivity contribution < 1.29 is 0 Å². The van der Waals surface area contributed by atoms with Crippen molar-refractivity contribution in [2.24, 2.45) is 0 Å². The smallest absolute Gasteiger partial charge is 0.259 e. The first-order chi connectivity index (χ1) is 11.6. The van der Waals surface area contributed by atoms with Gasteiger partial charge in [-0.05, 0) is 18.9 Å². The lowest BCUT2D eigenvalue weighted by Crippen LogP contribution is -2.32. The highest BCUT2D eigenvalue weighted by Crippen LogP contribution is 2.19. The molecular formula is C17H19N5OS. The lowest BCUT2D eigenvalue weighted by Gasteiger charge is -2.27. The molecule has 0 aromatic carbocycles. The summed E-state index contributed by atoms with van der Waals surface area (Å²) in [4.78, 5) is 29.0. The molecule has 0 amide bonds. The van der Waals surface area contributed by atoms with Gasteiger partial charge in [0.05, 0.1) is 11.4 Å². The van der Waals surface area contributed by atoms with Crippen molar-refractivity contribution in [2.45, 2.75) is 39.8 Å². The zero-order chi connectivity index (χ0) is 16.7. The van der Waals surface area contributed by atoms with Gasteiger partial charge in [0.2, 0.25) is 0 Å². The molecule has 0 saturated carbocycles. The molecule has 3 aromatic heterocycles. The first-order valence-electron chi connectivity index (χ1n) is 8.17. The van der Waals surface area contributed by atoms with Gasteiger partial charge in [0.15, 0.2) is 4.96 Å². The quantitative estimate of drug-likeness (QED) is 0.729. The van der Waals surface area contributed by atoms with E-state index in [4.69, 9.17) is 0 Å². The molecule has 0 aliphatic carbocycles. The van der Waals surface area contributed by atoms with Crippen molar-refractivity contribution in [1.29, 1.82) is 0 Å². The Hall–Kier alpha value is -2.12. The van der Waals surface area contributed by atoms with Crippen LogP contribution < -0.4 is 5.56 Å². The predicted octanol–water partition coefficient (Wildman–Crippen LogP) is 1.98. The molecule has 0 radical (unpaired) electrons. The standard InChI is InChI=1S/C17H19N5OS/c1-3-15-18-7-12-4-5-21(9-14(12)20-15)8-13-6-16(23)22-11(2)10-24-17(22)19-13/h6-7,10H,3-5,8-9H2,1-2H3. The molecule has 0 unspecified atom stereocenters. The SMILES string of the molecule is CCc1ncc2c(n1)CN(Cc1cc(=O)n3c(C)csc3n1)CC2. The van der Waals surface area contributed by atoms with E-state index in [2.05, 4.69) is 26.8 Å². The maximum Gasteiger partial charge on any atom is 0.259 e. The molecule has 1 aliphatic heterocycles. The highest BCUT2D eigenvalue weighted by Gasteiger charge is 2.19. The van der Waals surface area contributed by atoms with Crippen molar-refractivity contribution >= 4 is 16.3 Å². The van der Waals surface area contributed by atoms with E-state index < -0.39 is 0 Å². The number of aryl methyl sites for hydroxylation is 2. The third kappa shape index (κ3) is 2.74. The molecule has 0 atom stereocenters. The van der Waals surface area contributed by atoms with Gasteiger partial charge in [0.25, 0.3) is 5.56 Å². The fourth-order valence-corrected chi connectivity index (χ4v) is 4.01. The van der Waals surface area contributed by atoms with E-state index in [1.165, 1.54) is 16.9 Å². The second kappa shape index (κ2) is 6.07. The minimum atomic E-state index is 0.00162. The Morgan fingerprint density at radius 1 is 1.33 bits per heavy atom. The third-order valence-corrected chi connectivity index (χ3v) is 5.35. The zero-order valence-corrected chi connectivity index (χ0v) is 14.6. The molecule has 24 heavy (non-hydrogen) atoms. The Morgan fingerprint density at radius 3 is 3.04 bits per heavy atom. The average Bonchev–Trinajstić information content (AvgIpc) is 2.95. The predicted molar refractivity (Wildman–Crippen MR) is 93.3 cm³/mol. The monoisotopic (exact) mass is 341 g/mol. The number of hydrogen-bond donors (Lipinski definition) is 0. The Labute approximate surface area is 143 Å². The Balaban J connectivity index is 1.59. The van der Waals surface area contributed by atoms with Crippen molar-refractivity contribution in [2.75, 3.05) is 6.54 Å². The van der Waals surface area contributed by atoms with E-state index in [0.29, 0.717) is 6.54 Å². The zero-order valence-electron chi connectivity index (χ0n) is 13.8. The topological polar surface area (TPSA) is 63.4 Å². The number of aromatic nitrogens is 4. The van der Waals surface area contributed by atoms with Crippen molar-refractivity contribution in [3.63, 3.8) is 0 Å². The summed E-state index contributed by atoms with van der Waals surface area (Å²) in [5.41, 5.74) is 4.12. The molecule has 0 spiro atoms. The molecule has 3 aromatic rings. The van der Waals surface area contributed by atoms with Crippen LogP contribution in [0.3, 0.4) is 0 Å². The molecule has 6 nitrogen and oxygen atoms in total. The molecule has 124 valence electrons. The Bertz CT molecular complexity index is 961. The third-order valence-electron chi connectivity index (χ3n) is 4.41. The van der Waals surface area contributed by atoms with Gasteiger partial charge in [-0.3, -0.25) is 14.1 Å². The summed E-state index contributed by atoms with van der Waals surface area (Å²) in [6, 6.07) is 1.65. The maximum absolute atomic E-state index is 12.3. The Morgan fingerprint density at radius 2 is 2.21 bits per heavy atom. The van der Waals surface area contributed by atoms with Crippen molar-refractivity contribution in [1.82, 2.24) is 24.3 Å². The van der Waals surface area contributed by atoms with Crippen LogP contribution in [0.5, 0.6) is 0 Å². The van der Waals surface area contributed by atoms with Crippen LogP contribution in [0, 0.1) is 6.92 Å². The number of hydrogen-bond acceptors (Lipinski definition) is 6. The van der Waals surface area contributed by atoms with Crippen LogP contribution in [0.2, 0.25) is 0 Å². The van der Waals surface area contributed by atoms with Gasteiger partial charge in [-0.2, -0.15) is 0 Å². The van der Waals surface area contributed by atoms with E-state index in [1.807, 2.05) is 18.5 Å². The van der Waals surface area contributed by atoms with Crippen LogP contribution in [-0.4, -0.2) is 30.8 Å². The van der Waals surface area contributed by atoms with Gasteiger partial charge >= 0.3 is 0 Å². The van der Waals surface area contributed by atoms with E-state index in [9.17, 15) is 4.79 Å². The fraction of sp³-hybridized carbons (Fsp3) is 0.412. The lowest BCUT2D eigenvalue weighted by atomic mass is 10.1. The molecule has 4 heterocycles. The maximum atomic E-state index is 12.3. The molecule has 0 bridgehead atoms. The summed E-state index contributed by atoms with van der Waals surface area (Å²) < 4.78 is 1.67. The van der Waals surface area contributed by atoms with E-state index in [-0.39, 0.29) is 5.56 Å². The first kappa shape index (κ1) is 15.4. The van der Waals surface area contributed by atoms with Gasteiger partial charge in [-0.15, -0.1) is 11.3 Å². The largest absolute Gasteiger partial charge is 0.291 e. The van der Waals surface area contributed by atoms with Crippen LogP contribution in [0.4, 0.5) is 0 Å². The summed E-state index contributed by atoms with van der Waals surface area (Å²) in [7, 11) is 0. The average molecular weight is 341 g/mol. The van der Waals surface area contributed by atoms with Crippen LogP contribution in [-0.2, 0) is 25.9 Å². The summed E-state index contributed by atoms with van der Waals surface area (Å²) in [5, 5.41) is 1.97. The van der Waals surface area contributed by atoms with Crippen LogP contribution in [0.25, 0.3) is 4.96 Å². The second-order valence-electron chi connectivity index (χ2n) is 6.15. The first-order valence-corrected chi connectivity index (χ1v) is 9.05.